The van der Waals surface area contributed by atoms with Gasteiger partial charge in [0.05, 0.1) is 29.6 Å². The highest BCUT2D eigenvalue weighted by molar-refractivity contribution is 5.89. The van der Waals surface area contributed by atoms with Crippen molar-refractivity contribution in [2.45, 2.75) is 24.7 Å². The fourth-order valence-corrected chi connectivity index (χ4v) is 4.04. The molecule has 0 unspecified atom stereocenters. The van der Waals surface area contributed by atoms with Crippen LogP contribution in [0.25, 0.3) is 0 Å². The van der Waals surface area contributed by atoms with Crippen molar-refractivity contribution >= 4 is 23.2 Å². The van der Waals surface area contributed by atoms with E-state index < -0.39 is 35.1 Å². The smallest absolute Gasteiger partial charge is 0.377 e. The first-order valence-corrected chi connectivity index (χ1v) is 11.4. The Balaban J connectivity index is 1.78. The summed E-state index contributed by atoms with van der Waals surface area (Å²) in [5.74, 6) is 0.759. The zero-order chi connectivity index (χ0) is 27.3. The highest BCUT2D eigenvalue weighted by Crippen LogP contribution is 2.30. The van der Waals surface area contributed by atoms with Crippen LogP contribution in [0.5, 0.6) is 0 Å². The maximum atomic E-state index is 13.2. The van der Waals surface area contributed by atoms with Gasteiger partial charge < -0.3 is 29.3 Å². The molecule has 2 amide bonds. The standard InChI is InChI=1S/C23H31F3N8O3/c1-31(2)20-7-6-16(11-27-14-28-30-20)34-9-8-18(19(13-34)37-5)33(4)22(36)29-17-10-15(23(24,25)26)12-32(3)21(17)35/h6-7,10-12,14,18-19,30H,8-9,13H2,1-5H3,(H,29,36)/t18-,19-/m0/s1. The molecule has 2 N–H and O–H groups in total. The Kier molecular flexibility index (Phi) is 8.63. The normalized spacial score (nSPS) is 17.7. The van der Waals surface area contributed by atoms with Gasteiger partial charge in [0.1, 0.15) is 17.8 Å². The number of nitrogens with one attached hydrogen (secondary N) is 2. The minimum absolute atomic E-state index is 0.388. The van der Waals surface area contributed by atoms with E-state index in [-0.39, 0.29) is 6.04 Å². The topological polar surface area (TPSA) is 112 Å². The lowest BCUT2D eigenvalue weighted by atomic mass is 10.00. The van der Waals surface area contributed by atoms with Crippen molar-refractivity contribution < 1.29 is 22.7 Å². The molecule has 2 aromatic heterocycles. The fourth-order valence-electron chi connectivity index (χ4n) is 4.04. The summed E-state index contributed by atoms with van der Waals surface area (Å²) in [4.78, 5) is 34.8. The van der Waals surface area contributed by atoms with Crippen LogP contribution >= 0.6 is 0 Å². The molecule has 2 aromatic rings. The molecule has 1 saturated heterocycles. The van der Waals surface area contributed by atoms with Crippen LogP contribution in [0, 0.1) is 0 Å². The Bertz CT molecular complexity index is 1210. The number of urea groups is 1. The number of aromatic amines is 1. The molecule has 37 heavy (non-hydrogen) atoms. The first-order valence-electron chi connectivity index (χ1n) is 11.4. The number of alkyl halides is 3. The van der Waals surface area contributed by atoms with Gasteiger partial charge in [-0.25, -0.2) is 9.78 Å². The van der Waals surface area contributed by atoms with Gasteiger partial charge in [0.25, 0.3) is 5.56 Å². The van der Waals surface area contributed by atoms with Gasteiger partial charge in [-0.15, -0.1) is 0 Å². The van der Waals surface area contributed by atoms with Crippen LogP contribution in [-0.4, -0.2) is 84.2 Å². The predicted octanol–water partition coefficient (Wildman–Crippen LogP) is 2.47. The molecule has 0 aromatic carbocycles. The van der Waals surface area contributed by atoms with Crippen LogP contribution in [0.15, 0.2) is 41.7 Å². The third-order valence-electron chi connectivity index (χ3n) is 6.17. The Morgan fingerprint density at radius 2 is 2.00 bits per heavy atom. The summed E-state index contributed by atoms with van der Waals surface area (Å²) in [6, 6.07) is 3.31. The Labute approximate surface area is 212 Å². The number of pyridine rings is 1. The van der Waals surface area contributed by atoms with E-state index in [2.05, 4.69) is 25.4 Å². The number of ether oxygens (including phenoxy) is 1. The van der Waals surface area contributed by atoms with Crippen molar-refractivity contribution in [3.63, 3.8) is 0 Å². The molecular formula is C23H31F3N8O3. The van der Waals surface area contributed by atoms with Gasteiger partial charge >= 0.3 is 12.2 Å². The number of halogens is 3. The highest BCUT2D eigenvalue weighted by atomic mass is 19.4. The maximum Gasteiger partial charge on any atom is 0.417 e. The highest BCUT2D eigenvalue weighted by Gasteiger charge is 2.35. The molecule has 0 aliphatic carbocycles. The summed E-state index contributed by atoms with van der Waals surface area (Å²) >= 11 is 0. The Hall–Kier alpha value is -3.81. The predicted molar refractivity (Wildman–Crippen MR) is 133 cm³/mol. The maximum absolute atomic E-state index is 13.2. The number of anilines is 3. The molecule has 1 fully saturated rings. The number of carbonyl (C=O) groups excluding carboxylic acids is 1. The minimum atomic E-state index is -4.66. The number of likely N-dealkylation sites (N-methyl/N-ethyl adjacent to an activating group) is 1. The number of aryl methyl sites for hydroxylation is 1. The summed E-state index contributed by atoms with van der Waals surface area (Å²) in [5, 5.41) is 9.26. The third kappa shape index (κ3) is 6.70. The molecule has 1 aliphatic rings. The lowest BCUT2D eigenvalue weighted by molar-refractivity contribution is -0.138. The lowest BCUT2D eigenvalue weighted by Crippen LogP contribution is -2.56. The minimum Gasteiger partial charge on any atom is -0.377 e. The summed E-state index contributed by atoms with van der Waals surface area (Å²) in [7, 11) is 8.00. The quantitative estimate of drug-likeness (QED) is 0.618. The average Bonchev–Trinajstić information content (AvgIpc) is 2.97. The second-order valence-electron chi connectivity index (χ2n) is 8.85. The third-order valence-corrected chi connectivity index (χ3v) is 6.17. The van der Waals surface area contributed by atoms with Crippen LogP contribution in [-0.2, 0) is 18.0 Å². The monoisotopic (exact) mass is 524 g/mol. The molecule has 1 aliphatic heterocycles. The van der Waals surface area contributed by atoms with Gasteiger partial charge in [-0.1, -0.05) is 0 Å². The van der Waals surface area contributed by atoms with Gasteiger partial charge in [-0.05, 0) is 24.6 Å². The summed E-state index contributed by atoms with van der Waals surface area (Å²) in [6.45, 7) is 0.985. The number of H-pyrrole nitrogens is 1. The summed E-state index contributed by atoms with van der Waals surface area (Å²) in [5.41, 5.74) is -1.42. The van der Waals surface area contributed by atoms with Crippen LogP contribution in [0.3, 0.4) is 0 Å². The summed E-state index contributed by atoms with van der Waals surface area (Å²) < 4.78 is 46.1. The molecular weight excluding hydrogens is 493 g/mol. The van der Waals surface area contributed by atoms with Gasteiger partial charge in [0.15, 0.2) is 0 Å². The van der Waals surface area contributed by atoms with Gasteiger partial charge in [0, 0.05) is 54.6 Å². The number of aromatic nitrogens is 4. The molecule has 14 heteroatoms. The second kappa shape index (κ2) is 11.5. The van der Waals surface area contributed by atoms with Crippen molar-refractivity contribution in [3.05, 3.63) is 52.8 Å². The Morgan fingerprint density at radius 3 is 2.65 bits per heavy atom. The molecule has 3 heterocycles. The molecule has 11 nitrogen and oxygen atoms in total. The van der Waals surface area contributed by atoms with Crippen molar-refractivity contribution in [1.29, 1.82) is 0 Å². The first kappa shape index (κ1) is 27.8. The van der Waals surface area contributed by atoms with E-state index in [0.717, 1.165) is 16.1 Å². The zero-order valence-electron chi connectivity index (χ0n) is 21.3. The Morgan fingerprint density at radius 1 is 1.27 bits per heavy atom. The van der Waals surface area contributed by atoms with Crippen molar-refractivity contribution in [1.82, 2.24) is 24.6 Å². The van der Waals surface area contributed by atoms with E-state index in [9.17, 15) is 22.8 Å². The van der Waals surface area contributed by atoms with E-state index in [4.69, 9.17) is 4.74 Å². The molecule has 202 valence electrons. The largest absolute Gasteiger partial charge is 0.417 e. The van der Waals surface area contributed by atoms with Gasteiger partial charge in [0.2, 0.25) is 0 Å². The number of hydrogen-bond acceptors (Lipinski definition) is 7. The number of hydrogen-bond donors (Lipinski definition) is 2. The van der Waals surface area contributed by atoms with Crippen molar-refractivity contribution in [2.75, 3.05) is 56.5 Å². The number of rotatable bonds is 5. The van der Waals surface area contributed by atoms with E-state index >= 15 is 0 Å². The molecule has 0 radical (unpaired) electrons. The van der Waals surface area contributed by atoms with Crippen molar-refractivity contribution in [2.24, 2.45) is 7.05 Å². The lowest BCUT2D eigenvalue weighted by Gasteiger charge is -2.42. The first-order chi connectivity index (χ1) is 17.4. The van der Waals surface area contributed by atoms with Gasteiger partial charge in [-0.2, -0.15) is 18.3 Å². The fraction of sp³-hybridized carbons (Fsp3) is 0.478. The van der Waals surface area contributed by atoms with E-state index in [1.54, 1.807) is 6.20 Å². The number of methoxy groups -OCH3 is 1. The SMILES string of the molecule is CO[C@H]1CN(c2ccc(N(C)C)[nH]ncnc2)CC[C@@H]1N(C)C(=O)Nc1cc(C(F)(F)F)cn(C)c1=O. The van der Waals surface area contributed by atoms with E-state index in [1.807, 2.05) is 31.1 Å². The molecule has 0 spiro atoms. The van der Waals surface area contributed by atoms with E-state index in [0.29, 0.717) is 31.8 Å². The van der Waals surface area contributed by atoms with Crippen LogP contribution < -0.4 is 20.7 Å². The summed E-state index contributed by atoms with van der Waals surface area (Å²) in [6.07, 6.45) is -0.819. The number of piperidine rings is 1. The van der Waals surface area contributed by atoms with Crippen LogP contribution in [0.1, 0.15) is 12.0 Å². The molecule has 2 atom stereocenters. The van der Waals surface area contributed by atoms with Crippen molar-refractivity contribution in [3.8, 4) is 0 Å². The average molecular weight is 525 g/mol. The second-order valence-corrected chi connectivity index (χ2v) is 8.85. The zero-order valence-corrected chi connectivity index (χ0v) is 21.3. The number of amides is 2. The molecule has 3 rings (SSSR count). The molecule has 0 bridgehead atoms. The van der Waals surface area contributed by atoms with Gasteiger partial charge in [-0.3, -0.25) is 9.89 Å². The number of nitrogens with zero attached hydrogens (tertiary/aromatic N) is 6. The van der Waals surface area contributed by atoms with Crippen LogP contribution in [0.2, 0.25) is 0 Å². The number of carbonyl (C=O) groups is 1. The van der Waals surface area contributed by atoms with Crippen LogP contribution in [0.4, 0.5) is 35.2 Å². The molecule has 0 saturated carbocycles. The van der Waals surface area contributed by atoms with E-state index in [1.165, 1.54) is 32.4 Å².